The number of rotatable bonds is 5. The van der Waals surface area contributed by atoms with Crippen molar-refractivity contribution >= 4 is 0 Å². The van der Waals surface area contributed by atoms with Crippen LogP contribution in [0.15, 0.2) is 24.3 Å². The number of likely N-dealkylation sites (N-methyl/N-ethyl adjacent to an activating group) is 1. The van der Waals surface area contributed by atoms with Crippen molar-refractivity contribution in [3.05, 3.63) is 29.8 Å². The van der Waals surface area contributed by atoms with Gasteiger partial charge in [-0.05, 0) is 44.4 Å². The Balaban J connectivity index is 3.10. The Morgan fingerprint density at radius 1 is 1.35 bits per heavy atom. The smallest absolute Gasteiger partial charge is 0.118 e. The fourth-order valence-corrected chi connectivity index (χ4v) is 1.82. The standard InChI is InChI=1S/C17H27NO2/c1-18(2)13-16(17(19)11-5-4-6-12-17)14-7-9-15(20-3)10-8-14/h7-10,16,19H,4-6,11-13H2,1-3H3/i1D3,2D3,4D2,5D2,6D2,11D2,12D2,16D. The Bertz CT molecular complexity index is 957. The number of aliphatic hydroxyl groups is 1. The second kappa shape index (κ2) is 6.59. The summed E-state index contributed by atoms with van der Waals surface area (Å²) in [6.07, 6.45) is -20.3. The highest BCUT2D eigenvalue weighted by Gasteiger charge is 2.38. The lowest BCUT2D eigenvalue weighted by Gasteiger charge is -2.40. The summed E-state index contributed by atoms with van der Waals surface area (Å²) < 4.78 is 143. The monoisotopic (exact) mass is 294 g/mol. The second-order valence-corrected chi connectivity index (χ2v) is 4.13. The molecule has 20 heavy (non-hydrogen) atoms. The molecule has 3 nitrogen and oxygen atoms in total. The Kier molecular flexibility index (Phi) is 1.47. The molecule has 0 aromatic heterocycles. The molecule has 0 saturated heterocycles. The Morgan fingerprint density at radius 3 is 2.55 bits per heavy atom. The van der Waals surface area contributed by atoms with Crippen LogP contribution in [0.2, 0.25) is 0 Å². The van der Waals surface area contributed by atoms with Crippen molar-refractivity contribution in [2.45, 2.75) is 43.4 Å². The maximum absolute atomic E-state index is 11.9. The summed E-state index contributed by atoms with van der Waals surface area (Å²) in [4.78, 5) is -0.268. The van der Waals surface area contributed by atoms with Crippen molar-refractivity contribution in [1.82, 2.24) is 4.90 Å². The highest BCUT2D eigenvalue weighted by molar-refractivity contribution is 5.31. The van der Waals surface area contributed by atoms with Crippen LogP contribution in [0, 0.1) is 0 Å². The van der Waals surface area contributed by atoms with Gasteiger partial charge < -0.3 is 14.7 Å². The number of hydrogen-bond acceptors (Lipinski definition) is 3. The lowest BCUT2D eigenvalue weighted by atomic mass is 9.72. The number of ether oxygens (including phenoxy) is 1. The molecule has 0 amide bonds. The molecule has 0 aliphatic heterocycles. The number of hydrogen-bond donors (Lipinski definition) is 1. The summed E-state index contributed by atoms with van der Waals surface area (Å²) in [5.41, 5.74) is -4.84. The van der Waals surface area contributed by atoms with Gasteiger partial charge in [-0.2, -0.15) is 0 Å². The van der Waals surface area contributed by atoms with E-state index in [0.717, 1.165) is 24.3 Å². The average molecular weight is 295 g/mol. The largest absolute Gasteiger partial charge is 0.497 e. The van der Waals surface area contributed by atoms with E-state index in [1.807, 2.05) is 0 Å². The van der Waals surface area contributed by atoms with Crippen molar-refractivity contribution < 1.29 is 33.1 Å². The molecule has 2 rings (SSSR count). The Morgan fingerprint density at radius 2 is 2.00 bits per heavy atom. The summed E-state index contributed by atoms with van der Waals surface area (Å²) in [6.45, 7) is -8.72. The molecule has 0 heterocycles. The summed E-state index contributed by atoms with van der Waals surface area (Å²) in [5.74, 6) is -3.33. The molecule has 1 N–H and O–H groups in total. The van der Waals surface area contributed by atoms with Gasteiger partial charge in [-0.1, -0.05) is 31.3 Å². The van der Waals surface area contributed by atoms with E-state index in [4.69, 9.17) is 26.7 Å². The third-order valence-electron chi connectivity index (χ3n) is 2.80. The highest BCUT2D eigenvalue weighted by Crippen LogP contribution is 2.40. The molecular formula is C17H27NO2. The third kappa shape index (κ3) is 3.53. The van der Waals surface area contributed by atoms with Gasteiger partial charge in [-0.25, -0.2) is 0 Å². The van der Waals surface area contributed by atoms with E-state index in [-0.39, 0.29) is 10.6 Å². The normalized spacial score (nSPS) is 47.9. The van der Waals surface area contributed by atoms with Gasteiger partial charge in [0.25, 0.3) is 0 Å². The van der Waals surface area contributed by atoms with Gasteiger partial charge in [-0.3, -0.25) is 0 Å². The summed E-state index contributed by atoms with van der Waals surface area (Å²) >= 11 is 0. The van der Waals surface area contributed by atoms with Crippen molar-refractivity contribution in [2.75, 3.05) is 27.6 Å². The fraction of sp³-hybridized carbons (Fsp3) is 0.647. The SMILES string of the molecule is [2H]C([2H])([2H])N(CC([2H])(c1ccc(OC)cc1)C1(O)C([2H])([2H])C([2H])([2H])C([2H])([2H])C([2H])([2H])C1([2H])[2H])C([2H])([2H])[2H]. The zero-order chi connectivity index (χ0) is 29.5. The predicted molar refractivity (Wildman–Crippen MR) is 82.3 cm³/mol. The van der Waals surface area contributed by atoms with Crippen LogP contribution in [0.5, 0.6) is 5.75 Å². The zero-order valence-electron chi connectivity index (χ0n) is 27.8. The first-order chi connectivity index (χ1) is 16.1. The number of benzene rings is 1. The fourth-order valence-electron chi connectivity index (χ4n) is 1.82. The third-order valence-corrected chi connectivity index (χ3v) is 2.80. The molecule has 1 unspecified atom stereocenters. The van der Waals surface area contributed by atoms with Crippen LogP contribution < -0.4 is 4.74 Å². The second-order valence-electron chi connectivity index (χ2n) is 4.13. The van der Waals surface area contributed by atoms with Crippen molar-refractivity contribution in [3.63, 3.8) is 0 Å². The van der Waals surface area contributed by atoms with Gasteiger partial charge in [0.05, 0.1) is 12.7 Å². The maximum Gasteiger partial charge on any atom is 0.118 e. The lowest BCUT2D eigenvalue weighted by Crippen LogP contribution is -2.42. The van der Waals surface area contributed by atoms with E-state index in [1.54, 1.807) is 0 Å². The molecule has 0 radical (unpaired) electrons. The van der Waals surface area contributed by atoms with E-state index in [9.17, 15) is 6.48 Å². The summed E-state index contributed by atoms with van der Waals surface area (Å²) in [5, 5.41) is 11.9. The van der Waals surface area contributed by atoms with Crippen LogP contribution in [0.1, 0.15) is 66.6 Å². The van der Waals surface area contributed by atoms with Crippen LogP contribution in [0.4, 0.5) is 0 Å². The van der Waals surface area contributed by atoms with Gasteiger partial charge >= 0.3 is 0 Å². The summed E-state index contributed by atoms with van der Waals surface area (Å²) in [6, 6.07) is 4.21. The molecule has 1 aliphatic rings. The first-order valence-corrected chi connectivity index (χ1v) is 5.77. The minimum Gasteiger partial charge on any atom is -0.497 e. The number of methoxy groups -OCH3 is 1. The van der Waals surface area contributed by atoms with E-state index >= 15 is 0 Å². The molecule has 0 bridgehead atoms. The van der Waals surface area contributed by atoms with Crippen molar-refractivity contribution in [3.8, 4) is 5.75 Å². The first kappa shape index (κ1) is 4.47. The van der Waals surface area contributed by atoms with Gasteiger partial charge in [0.2, 0.25) is 0 Å². The number of nitrogens with zero attached hydrogens (tertiary/aromatic N) is 1. The van der Waals surface area contributed by atoms with Gasteiger partial charge in [0, 0.05) is 35.7 Å². The molecule has 0 spiro atoms. The minimum atomic E-state index is -4.23. The Labute approximate surface area is 146 Å². The molecule has 112 valence electrons. The van der Waals surface area contributed by atoms with Gasteiger partial charge in [0.1, 0.15) is 5.75 Å². The molecule has 1 aromatic carbocycles. The van der Waals surface area contributed by atoms with E-state index in [1.165, 1.54) is 7.11 Å². The zero-order valence-corrected chi connectivity index (χ0v) is 10.8. The molecule has 1 atom stereocenters. The van der Waals surface area contributed by atoms with Crippen LogP contribution in [-0.4, -0.2) is 43.2 Å². The molecule has 1 saturated carbocycles. The topological polar surface area (TPSA) is 32.7 Å². The van der Waals surface area contributed by atoms with Gasteiger partial charge in [-0.15, -0.1) is 0 Å². The lowest BCUT2D eigenvalue weighted by molar-refractivity contribution is -0.0277. The average Bonchev–Trinajstić information content (AvgIpc) is 2.73. The van der Waals surface area contributed by atoms with Crippen LogP contribution >= 0.6 is 0 Å². The van der Waals surface area contributed by atoms with Crippen LogP contribution in [-0.2, 0) is 0 Å². The van der Waals surface area contributed by atoms with E-state index in [2.05, 4.69) is 0 Å². The molecule has 1 aliphatic carbocycles. The first-order valence-electron chi connectivity index (χ1n) is 14.3. The van der Waals surface area contributed by atoms with Crippen LogP contribution in [0.3, 0.4) is 0 Å². The van der Waals surface area contributed by atoms with E-state index < -0.39 is 69.4 Å². The molecule has 1 fully saturated rings. The van der Waals surface area contributed by atoms with Gasteiger partial charge in [0.15, 0.2) is 0 Å². The van der Waals surface area contributed by atoms with Crippen LogP contribution in [0.25, 0.3) is 0 Å². The maximum atomic E-state index is 11.9. The molecule has 1 aromatic rings. The Hall–Kier alpha value is -1.06. The quantitative estimate of drug-likeness (QED) is 0.906. The van der Waals surface area contributed by atoms with E-state index in [0.29, 0.717) is 0 Å². The van der Waals surface area contributed by atoms with Crippen molar-refractivity contribution in [2.24, 2.45) is 0 Å². The van der Waals surface area contributed by atoms with Crippen molar-refractivity contribution in [1.29, 1.82) is 0 Å². The molecule has 3 heteroatoms. The highest BCUT2D eigenvalue weighted by atomic mass is 16.5. The molecular weight excluding hydrogens is 250 g/mol. The predicted octanol–water partition coefficient (Wildman–Crippen LogP) is 3.04. The summed E-state index contributed by atoms with van der Waals surface area (Å²) in [7, 11) is 1.25. The minimum absolute atomic E-state index is 0.137.